The number of aryl methyl sites for hydroxylation is 2. The molecule has 0 saturated carbocycles. The first-order valence-electron chi connectivity index (χ1n) is 5.76. The zero-order valence-corrected chi connectivity index (χ0v) is 12.6. The molecule has 0 aliphatic heterocycles. The van der Waals surface area contributed by atoms with Crippen molar-refractivity contribution < 1.29 is 3.76 Å². The van der Waals surface area contributed by atoms with Gasteiger partial charge in [-0.25, -0.2) is 0 Å². The van der Waals surface area contributed by atoms with E-state index in [4.69, 9.17) is 3.76 Å². The van der Waals surface area contributed by atoms with Crippen molar-refractivity contribution in [3.63, 3.8) is 0 Å². The Bertz CT molecular complexity index is 428. The summed E-state index contributed by atoms with van der Waals surface area (Å²) in [6.07, 6.45) is 0. The van der Waals surface area contributed by atoms with Crippen LogP contribution in [0.1, 0.15) is 11.1 Å². The molecule has 0 amide bonds. The van der Waals surface area contributed by atoms with Gasteiger partial charge >= 0.3 is 108 Å². The minimum atomic E-state index is -1.77. The van der Waals surface area contributed by atoms with E-state index in [1.807, 2.05) is 7.11 Å². The van der Waals surface area contributed by atoms with Crippen molar-refractivity contribution in [2.45, 2.75) is 13.8 Å². The molecule has 0 aliphatic carbocycles. The molecule has 2 aromatic rings. The summed E-state index contributed by atoms with van der Waals surface area (Å²) in [5.74, 6) is 0. The van der Waals surface area contributed by atoms with Crippen LogP contribution in [0.3, 0.4) is 0 Å². The van der Waals surface area contributed by atoms with E-state index in [-0.39, 0.29) is 0 Å². The van der Waals surface area contributed by atoms with Gasteiger partial charge < -0.3 is 0 Å². The quantitative estimate of drug-likeness (QED) is 0.785. The summed E-state index contributed by atoms with van der Waals surface area (Å²) in [7, 11) is 1.83. The molecule has 1 radical (unpaired) electrons. The third-order valence-corrected chi connectivity index (χ3v) is 7.29. The Morgan fingerprint density at radius 1 is 0.706 bits per heavy atom. The van der Waals surface area contributed by atoms with Crippen LogP contribution in [0.5, 0.6) is 0 Å². The molecule has 87 valence electrons. The zero-order chi connectivity index (χ0) is 12.3. The number of rotatable bonds is 3. The van der Waals surface area contributed by atoms with Gasteiger partial charge in [0, 0.05) is 0 Å². The Labute approximate surface area is 108 Å². The van der Waals surface area contributed by atoms with Crippen LogP contribution in [-0.4, -0.2) is 21.8 Å². The van der Waals surface area contributed by atoms with Crippen LogP contribution in [0.2, 0.25) is 0 Å². The maximum atomic E-state index is 5.77. The molecule has 0 unspecified atom stereocenters. The van der Waals surface area contributed by atoms with Gasteiger partial charge in [-0.05, 0) is 0 Å². The molecule has 0 spiro atoms. The Balaban J connectivity index is 2.33. The van der Waals surface area contributed by atoms with Crippen molar-refractivity contribution in [1.82, 2.24) is 0 Å². The zero-order valence-electron chi connectivity index (χ0n) is 10.5. The van der Waals surface area contributed by atoms with Gasteiger partial charge in [-0.2, -0.15) is 0 Å². The van der Waals surface area contributed by atoms with Crippen molar-refractivity contribution in [3.05, 3.63) is 59.7 Å². The first-order valence-corrected chi connectivity index (χ1v) is 8.71. The Kier molecular flexibility index (Phi) is 4.03. The van der Waals surface area contributed by atoms with E-state index >= 15 is 0 Å². The second-order valence-corrected chi connectivity index (χ2v) is 8.93. The molecule has 0 aliphatic rings. The Hall–Kier alpha value is -1.06. The van der Waals surface area contributed by atoms with Gasteiger partial charge in [0.05, 0.1) is 0 Å². The molecular formula is C15H17GeO. The number of hydrogen-bond acceptors (Lipinski definition) is 1. The third kappa shape index (κ3) is 2.99. The van der Waals surface area contributed by atoms with Gasteiger partial charge in [0.2, 0.25) is 0 Å². The summed E-state index contributed by atoms with van der Waals surface area (Å²) in [5.41, 5.74) is 2.60. The van der Waals surface area contributed by atoms with E-state index in [0.29, 0.717) is 0 Å². The van der Waals surface area contributed by atoms with Crippen molar-refractivity contribution in [2.75, 3.05) is 7.11 Å². The fraction of sp³-hybridized carbons (Fsp3) is 0.200. The van der Waals surface area contributed by atoms with Gasteiger partial charge in [0.1, 0.15) is 0 Å². The van der Waals surface area contributed by atoms with E-state index in [1.54, 1.807) is 0 Å². The predicted molar refractivity (Wildman–Crippen MR) is 74.4 cm³/mol. The summed E-state index contributed by atoms with van der Waals surface area (Å²) in [6.45, 7) is 4.23. The molecule has 0 heterocycles. The molecular weight excluding hydrogens is 269 g/mol. The summed E-state index contributed by atoms with van der Waals surface area (Å²) in [6, 6.07) is 17.5. The fourth-order valence-electron chi connectivity index (χ4n) is 1.81. The molecule has 17 heavy (non-hydrogen) atoms. The molecule has 0 bridgehead atoms. The predicted octanol–water partition coefficient (Wildman–Crippen LogP) is 2.06. The molecule has 0 fully saturated rings. The van der Waals surface area contributed by atoms with E-state index < -0.39 is 14.7 Å². The molecule has 1 nitrogen and oxygen atoms in total. The Morgan fingerprint density at radius 2 is 1.06 bits per heavy atom. The summed E-state index contributed by atoms with van der Waals surface area (Å²) in [4.78, 5) is 0. The Morgan fingerprint density at radius 3 is 1.35 bits per heavy atom. The van der Waals surface area contributed by atoms with Gasteiger partial charge in [-0.15, -0.1) is 0 Å². The molecule has 2 rings (SSSR count). The second kappa shape index (κ2) is 5.52. The van der Waals surface area contributed by atoms with E-state index in [9.17, 15) is 0 Å². The maximum absolute atomic E-state index is 5.77. The van der Waals surface area contributed by atoms with Crippen LogP contribution in [0.25, 0.3) is 0 Å². The standard InChI is InChI=1S/C15H17GeO/c1-12-4-8-14(9-5-12)16(17-3)15-10-6-13(2)7-11-15/h4-11H,1-3H3. The topological polar surface area (TPSA) is 9.23 Å². The van der Waals surface area contributed by atoms with Gasteiger partial charge in [0.25, 0.3) is 0 Å². The average molecular weight is 286 g/mol. The number of hydrogen-bond donors (Lipinski definition) is 0. The SMILES string of the molecule is C[O][Ge]([c]1ccc(C)cc1)[c]1ccc(C)cc1. The minimum absolute atomic E-state index is 1.30. The van der Waals surface area contributed by atoms with Crippen LogP contribution >= 0.6 is 0 Å². The van der Waals surface area contributed by atoms with Crippen molar-refractivity contribution in [3.8, 4) is 0 Å². The van der Waals surface area contributed by atoms with Crippen LogP contribution in [0, 0.1) is 13.8 Å². The van der Waals surface area contributed by atoms with Crippen LogP contribution in [0.4, 0.5) is 0 Å². The third-order valence-electron chi connectivity index (χ3n) is 2.83. The molecule has 2 aromatic carbocycles. The van der Waals surface area contributed by atoms with Crippen molar-refractivity contribution in [2.24, 2.45) is 0 Å². The second-order valence-electron chi connectivity index (χ2n) is 4.27. The van der Waals surface area contributed by atoms with Crippen molar-refractivity contribution >= 4 is 23.5 Å². The average Bonchev–Trinajstić information content (AvgIpc) is 2.35. The van der Waals surface area contributed by atoms with Gasteiger partial charge in [-0.1, -0.05) is 0 Å². The van der Waals surface area contributed by atoms with E-state index in [2.05, 4.69) is 62.4 Å². The normalized spacial score (nSPS) is 10.8. The first-order chi connectivity index (χ1) is 8.20. The molecule has 0 N–H and O–H groups in total. The molecule has 0 saturated heterocycles. The molecule has 2 heteroatoms. The molecule has 0 aromatic heterocycles. The summed E-state index contributed by atoms with van der Waals surface area (Å²) >= 11 is -1.77. The van der Waals surface area contributed by atoms with Crippen LogP contribution in [-0.2, 0) is 3.76 Å². The monoisotopic (exact) mass is 287 g/mol. The van der Waals surface area contributed by atoms with Crippen LogP contribution < -0.4 is 8.79 Å². The fourth-order valence-corrected chi connectivity index (χ4v) is 5.47. The summed E-state index contributed by atoms with van der Waals surface area (Å²) < 4.78 is 8.49. The van der Waals surface area contributed by atoms with Crippen LogP contribution in [0.15, 0.2) is 48.5 Å². The van der Waals surface area contributed by atoms with Gasteiger partial charge in [-0.3, -0.25) is 0 Å². The van der Waals surface area contributed by atoms with Gasteiger partial charge in [0.15, 0.2) is 0 Å². The first kappa shape index (κ1) is 12.4. The van der Waals surface area contributed by atoms with Crippen molar-refractivity contribution in [1.29, 1.82) is 0 Å². The number of benzene rings is 2. The van der Waals surface area contributed by atoms with E-state index in [1.165, 1.54) is 19.9 Å². The molecule has 0 atom stereocenters. The van der Waals surface area contributed by atoms with E-state index in [0.717, 1.165) is 0 Å². The summed E-state index contributed by atoms with van der Waals surface area (Å²) in [5, 5.41) is 0.